The molecule has 0 amide bonds. The summed E-state index contributed by atoms with van der Waals surface area (Å²) in [5.41, 5.74) is 2.01. The van der Waals surface area contributed by atoms with Crippen LogP contribution in [0.4, 0.5) is 0 Å². The van der Waals surface area contributed by atoms with Gasteiger partial charge in [-0.05, 0) is 31.9 Å². The fraction of sp³-hybridized carbons (Fsp3) is 0.480. The van der Waals surface area contributed by atoms with Crippen LogP contribution in [-0.4, -0.2) is 62.0 Å². The predicted octanol–water partition coefficient (Wildman–Crippen LogP) is 2.86. The van der Waals surface area contributed by atoms with Crippen LogP contribution in [0, 0.1) is 11.8 Å². The second kappa shape index (κ2) is 7.44. The highest BCUT2D eigenvalue weighted by atomic mass is 16.6. The molecule has 2 fully saturated rings. The SMILES string of the molecule is COc1cc(C#CC2=C[C@@H]3C[C@@]4(OC(=O)C=C24)[C@H]2CC[C@@H](C(C)OC)N32)cc(OC)c1. The van der Waals surface area contributed by atoms with Crippen molar-refractivity contribution in [1.29, 1.82) is 0 Å². The normalized spacial score (nSPS) is 31.6. The van der Waals surface area contributed by atoms with Crippen molar-refractivity contribution in [3.05, 3.63) is 47.1 Å². The van der Waals surface area contributed by atoms with E-state index in [1.165, 1.54) is 0 Å². The van der Waals surface area contributed by atoms with Crippen molar-refractivity contribution >= 4 is 5.97 Å². The van der Waals surface area contributed by atoms with E-state index in [0.29, 0.717) is 17.5 Å². The Balaban J connectivity index is 1.54. The summed E-state index contributed by atoms with van der Waals surface area (Å²) >= 11 is 0. The molecule has 2 saturated heterocycles. The third kappa shape index (κ3) is 3.07. The Bertz CT molecular complexity index is 1030. The number of nitrogens with zero attached hydrogens (tertiary/aromatic N) is 1. The Labute approximate surface area is 182 Å². The first kappa shape index (κ1) is 20.2. The van der Waals surface area contributed by atoms with E-state index in [1.54, 1.807) is 27.4 Å². The Morgan fingerprint density at radius 1 is 1.13 bits per heavy atom. The molecular formula is C25H27NO5. The minimum absolute atomic E-state index is 0.123. The number of carbonyl (C=O) groups excluding carboxylic acids is 1. The molecule has 3 heterocycles. The first-order valence-corrected chi connectivity index (χ1v) is 10.7. The topological polar surface area (TPSA) is 57.2 Å². The van der Waals surface area contributed by atoms with Crippen molar-refractivity contribution in [2.24, 2.45) is 0 Å². The lowest BCUT2D eigenvalue weighted by Gasteiger charge is -2.33. The number of benzene rings is 1. The van der Waals surface area contributed by atoms with Crippen LogP contribution in [0.1, 0.15) is 31.7 Å². The molecular weight excluding hydrogens is 394 g/mol. The average molecular weight is 421 g/mol. The maximum Gasteiger partial charge on any atom is 0.332 e. The van der Waals surface area contributed by atoms with Crippen LogP contribution in [-0.2, 0) is 14.3 Å². The van der Waals surface area contributed by atoms with Gasteiger partial charge in [-0.1, -0.05) is 17.9 Å². The fourth-order valence-corrected chi connectivity index (χ4v) is 5.76. The van der Waals surface area contributed by atoms with Gasteiger partial charge in [0.05, 0.1) is 26.4 Å². The van der Waals surface area contributed by atoms with Gasteiger partial charge in [0.1, 0.15) is 11.5 Å². The molecule has 1 aromatic carbocycles. The van der Waals surface area contributed by atoms with Gasteiger partial charge in [-0.25, -0.2) is 4.79 Å². The molecule has 162 valence electrons. The van der Waals surface area contributed by atoms with Gasteiger partial charge >= 0.3 is 5.97 Å². The monoisotopic (exact) mass is 421 g/mol. The minimum atomic E-state index is -0.588. The quantitative estimate of drug-likeness (QED) is 0.551. The van der Waals surface area contributed by atoms with Crippen LogP contribution in [0.2, 0.25) is 0 Å². The zero-order valence-electron chi connectivity index (χ0n) is 18.3. The average Bonchev–Trinajstić information content (AvgIpc) is 3.44. The Morgan fingerprint density at radius 2 is 1.87 bits per heavy atom. The second-order valence-electron chi connectivity index (χ2n) is 8.62. The number of carbonyl (C=O) groups is 1. The Kier molecular flexibility index (Phi) is 4.84. The summed E-state index contributed by atoms with van der Waals surface area (Å²) in [6.07, 6.45) is 6.79. The summed E-state index contributed by atoms with van der Waals surface area (Å²) in [5.74, 6) is 7.67. The van der Waals surface area contributed by atoms with Crippen LogP contribution < -0.4 is 9.47 Å². The number of rotatable bonds is 4. The smallest absolute Gasteiger partial charge is 0.332 e. The lowest BCUT2D eigenvalue weighted by Crippen LogP contribution is -2.47. The number of hydrogen-bond acceptors (Lipinski definition) is 6. The van der Waals surface area contributed by atoms with E-state index in [0.717, 1.165) is 36.0 Å². The van der Waals surface area contributed by atoms with Crippen LogP contribution in [0.25, 0.3) is 0 Å². The van der Waals surface area contributed by atoms with E-state index in [9.17, 15) is 4.79 Å². The summed E-state index contributed by atoms with van der Waals surface area (Å²) in [4.78, 5) is 14.9. The van der Waals surface area contributed by atoms with Gasteiger partial charge in [0.2, 0.25) is 0 Å². The maximum atomic E-state index is 12.4. The second-order valence-corrected chi connectivity index (χ2v) is 8.62. The number of fused-ring (bicyclic) bond motifs is 3. The van der Waals surface area contributed by atoms with Crippen molar-refractivity contribution < 1.29 is 23.7 Å². The molecule has 0 N–H and O–H groups in total. The van der Waals surface area contributed by atoms with Gasteiger partial charge in [0.25, 0.3) is 0 Å². The summed E-state index contributed by atoms with van der Waals surface area (Å²) in [7, 11) is 5.00. The van der Waals surface area contributed by atoms with Crippen molar-refractivity contribution in [2.45, 2.75) is 56.0 Å². The highest BCUT2D eigenvalue weighted by Crippen LogP contribution is 2.56. The van der Waals surface area contributed by atoms with Gasteiger partial charge in [0, 0.05) is 54.5 Å². The van der Waals surface area contributed by atoms with E-state index >= 15 is 0 Å². The molecule has 0 radical (unpaired) electrons. The molecule has 5 atom stereocenters. The van der Waals surface area contributed by atoms with E-state index in [-0.39, 0.29) is 24.2 Å². The number of hydrogen-bond donors (Lipinski definition) is 0. The summed E-state index contributed by atoms with van der Waals surface area (Å²) in [5, 5.41) is 0. The van der Waals surface area contributed by atoms with E-state index < -0.39 is 5.60 Å². The molecule has 1 aliphatic carbocycles. The van der Waals surface area contributed by atoms with Gasteiger partial charge in [0.15, 0.2) is 5.60 Å². The standard InChI is InChI=1S/C25H27NO5/c1-15(28-2)22-7-8-23-25-14-18(26(22)23)11-17(21(25)13-24(27)31-25)6-5-16-9-19(29-3)12-20(10-16)30-4/h9-13,15,18,22-23H,7-8,14H2,1-4H3/t15?,18-,22+,23-,25+/m1/s1. The highest BCUT2D eigenvalue weighted by molar-refractivity contribution is 5.90. The third-order valence-electron chi connectivity index (χ3n) is 7.17. The zero-order chi connectivity index (χ0) is 21.8. The Morgan fingerprint density at radius 3 is 2.55 bits per heavy atom. The molecule has 5 rings (SSSR count). The van der Waals surface area contributed by atoms with Crippen LogP contribution in [0.5, 0.6) is 11.5 Å². The van der Waals surface area contributed by atoms with E-state index in [1.807, 2.05) is 18.2 Å². The largest absolute Gasteiger partial charge is 0.497 e. The number of esters is 1. The zero-order valence-corrected chi connectivity index (χ0v) is 18.3. The molecule has 6 nitrogen and oxygen atoms in total. The number of ether oxygens (including phenoxy) is 4. The molecule has 2 bridgehead atoms. The van der Waals surface area contributed by atoms with Crippen molar-refractivity contribution in [1.82, 2.24) is 4.90 Å². The van der Waals surface area contributed by atoms with Crippen LogP contribution in [0.3, 0.4) is 0 Å². The molecule has 1 unspecified atom stereocenters. The molecule has 3 aliphatic heterocycles. The fourth-order valence-electron chi connectivity index (χ4n) is 5.76. The van der Waals surface area contributed by atoms with Crippen molar-refractivity contribution in [2.75, 3.05) is 21.3 Å². The molecule has 4 aliphatic rings. The van der Waals surface area contributed by atoms with Crippen molar-refractivity contribution in [3.63, 3.8) is 0 Å². The molecule has 31 heavy (non-hydrogen) atoms. The molecule has 0 aromatic heterocycles. The van der Waals surface area contributed by atoms with Gasteiger partial charge in [-0.15, -0.1) is 0 Å². The molecule has 1 aromatic rings. The first-order chi connectivity index (χ1) is 15.0. The molecule has 6 heteroatoms. The summed E-state index contributed by atoms with van der Waals surface area (Å²) in [6.45, 7) is 2.12. The molecule has 0 saturated carbocycles. The maximum absolute atomic E-state index is 12.4. The lowest BCUT2D eigenvalue weighted by atomic mass is 9.77. The van der Waals surface area contributed by atoms with Gasteiger partial charge in [-0.2, -0.15) is 0 Å². The summed E-state index contributed by atoms with van der Waals surface area (Å²) in [6, 6.07) is 6.24. The highest BCUT2D eigenvalue weighted by Gasteiger charge is 2.64. The summed E-state index contributed by atoms with van der Waals surface area (Å²) < 4.78 is 22.4. The lowest BCUT2D eigenvalue weighted by molar-refractivity contribution is -0.147. The predicted molar refractivity (Wildman–Crippen MR) is 115 cm³/mol. The molecule has 1 spiro atoms. The first-order valence-electron chi connectivity index (χ1n) is 10.7. The van der Waals surface area contributed by atoms with Crippen LogP contribution in [0.15, 0.2) is 41.5 Å². The van der Waals surface area contributed by atoms with Gasteiger partial charge in [-0.3, -0.25) is 4.90 Å². The van der Waals surface area contributed by atoms with E-state index in [2.05, 4.69) is 29.7 Å². The Hall–Kier alpha value is -2.75. The van der Waals surface area contributed by atoms with Crippen LogP contribution >= 0.6 is 0 Å². The van der Waals surface area contributed by atoms with Crippen molar-refractivity contribution in [3.8, 4) is 23.3 Å². The van der Waals surface area contributed by atoms with E-state index in [4.69, 9.17) is 18.9 Å². The van der Waals surface area contributed by atoms with Gasteiger partial charge < -0.3 is 18.9 Å². The number of methoxy groups -OCH3 is 3. The minimum Gasteiger partial charge on any atom is -0.497 e. The third-order valence-corrected chi connectivity index (χ3v) is 7.17.